The lowest BCUT2D eigenvalue weighted by molar-refractivity contribution is 0.0895. The van der Waals surface area contributed by atoms with Gasteiger partial charge in [-0.2, -0.15) is 15.1 Å². The lowest BCUT2D eigenvalue weighted by atomic mass is 9.96. The third-order valence-corrected chi connectivity index (χ3v) is 5.79. The zero-order chi connectivity index (χ0) is 25.3. The van der Waals surface area contributed by atoms with E-state index in [0.717, 1.165) is 16.8 Å². The number of rotatable bonds is 6. The number of anilines is 2. The first-order chi connectivity index (χ1) is 16.5. The van der Waals surface area contributed by atoms with E-state index in [1.54, 1.807) is 10.9 Å². The fourth-order valence-electron chi connectivity index (χ4n) is 3.40. The van der Waals surface area contributed by atoms with Crippen LogP contribution in [-0.2, 0) is 12.5 Å². The number of hydrogen-bond donors (Lipinski definition) is 2. The van der Waals surface area contributed by atoms with E-state index in [4.69, 9.17) is 16.1 Å². The predicted octanol–water partition coefficient (Wildman–Crippen LogP) is 4.15. The fourth-order valence-corrected chi connectivity index (χ4v) is 3.66. The molecular formula is C23H26ClN9O2. The van der Waals surface area contributed by atoms with Crippen LogP contribution >= 0.6 is 11.6 Å². The van der Waals surface area contributed by atoms with Gasteiger partial charge in [-0.1, -0.05) is 43.6 Å². The lowest BCUT2D eigenvalue weighted by Crippen LogP contribution is -2.27. The second-order valence-electron chi connectivity index (χ2n) is 9.17. The SMILES string of the molecule is Cc1c([C@H](C)NC(=O)c2nc(C(C)(C)C)no2)ccc(-c2ncnc(Nc3cnn(C)c3)n2)c1Cl. The van der Waals surface area contributed by atoms with Gasteiger partial charge in [-0.15, -0.1) is 0 Å². The van der Waals surface area contributed by atoms with Crippen molar-refractivity contribution in [3.63, 3.8) is 0 Å². The molecular weight excluding hydrogens is 470 g/mol. The molecule has 182 valence electrons. The quantitative estimate of drug-likeness (QED) is 0.404. The lowest BCUT2D eigenvalue weighted by Gasteiger charge is -2.18. The van der Waals surface area contributed by atoms with Crippen LogP contribution in [0.15, 0.2) is 35.4 Å². The van der Waals surface area contributed by atoms with Crippen LogP contribution in [0.4, 0.5) is 11.6 Å². The molecule has 0 spiro atoms. The van der Waals surface area contributed by atoms with Crippen molar-refractivity contribution < 1.29 is 9.32 Å². The Bertz CT molecular complexity index is 1370. The van der Waals surface area contributed by atoms with Crippen LogP contribution in [0.5, 0.6) is 0 Å². The molecule has 1 atom stereocenters. The summed E-state index contributed by atoms with van der Waals surface area (Å²) >= 11 is 6.71. The van der Waals surface area contributed by atoms with Crippen LogP contribution < -0.4 is 10.6 Å². The number of aromatic nitrogens is 7. The summed E-state index contributed by atoms with van der Waals surface area (Å²) in [4.78, 5) is 29.8. The average molecular weight is 496 g/mol. The van der Waals surface area contributed by atoms with Gasteiger partial charge in [0.15, 0.2) is 11.6 Å². The van der Waals surface area contributed by atoms with Crippen molar-refractivity contribution in [2.24, 2.45) is 7.05 Å². The van der Waals surface area contributed by atoms with Crippen molar-refractivity contribution in [2.75, 3.05) is 5.32 Å². The minimum atomic E-state index is -0.455. The standard InChI is InChI=1S/C23H26ClN9O2/c1-12-15(13(2)28-19(34)20-31-21(32-35-20)23(3,4)5)7-8-16(17(12)24)18-25-11-26-22(30-18)29-14-9-27-33(6)10-14/h7-11,13H,1-6H3,(H,28,34)(H,25,26,29,30)/t13-/m0/s1. The summed E-state index contributed by atoms with van der Waals surface area (Å²) in [5.41, 5.74) is 2.71. The molecule has 0 saturated carbocycles. The van der Waals surface area contributed by atoms with E-state index in [1.165, 1.54) is 6.33 Å². The van der Waals surface area contributed by atoms with Gasteiger partial charge < -0.3 is 15.2 Å². The van der Waals surface area contributed by atoms with Gasteiger partial charge in [0.2, 0.25) is 5.95 Å². The number of carbonyl (C=O) groups excluding carboxylic acids is 1. The van der Waals surface area contributed by atoms with Crippen molar-refractivity contribution in [3.8, 4) is 11.4 Å². The molecule has 35 heavy (non-hydrogen) atoms. The third kappa shape index (κ3) is 5.29. The van der Waals surface area contributed by atoms with Gasteiger partial charge in [-0.05, 0) is 31.0 Å². The van der Waals surface area contributed by atoms with Gasteiger partial charge in [-0.3, -0.25) is 9.48 Å². The van der Waals surface area contributed by atoms with Crippen LogP contribution in [0.1, 0.15) is 61.4 Å². The molecule has 4 rings (SSSR count). The Morgan fingerprint density at radius 3 is 2.63 bits per heavy atom. The van der Waals surface area contributed by atoms with Crippen molar-refractivity contribution in [1.82, 2.24) is 40.2 Å². The Hall–Kier alpha value is -3.86. The maximum atomic E-state index is 12.7. The van der Waals surface area contributed by atoms with Crippen LogP contribution in [0, 0.1) is 6.92 Å². The number of carbonyl (C=O) groups is 1. The molecule has 12 heteroatoms. The normalized spacial score (nSPS) is 12.4. The summed E-state index contributed by atoms with van der Waals surface area (Å²) < 4.78 is 6.81. The Kier molecular flexibility index (Phi) is 6.53. The largest absolute Gasteiger partial charge is 0.341 e. The zero-order valence-corrected chi connectivity index (χ0v) is 21.0. The molecule has 4 aromatic rings. The molecule has 0 aliphatic carbocycles. The molecule has 0 bridgehead atoms. The number of benzene rings is 1. The second kappa shape index (κ2) is 9.41. The van der Waals surface area contributed by atoms with E-state index in [0.29, 0.717) is 28.2 Å². The van der Waals surface area contributed by atoms with E-state index in [2.05, 4.69) is 40.8 Å². The molecule has 0 fully saturated rings. The first kappa shape index (κ1) is 24.3. The Morgan fingerprint density at radius 1 is 1.20 bits per heavy atom. The molecule has 0 aliphatic heterocycles. The third-order valence-electron chi connectivity index (χ3n) is 5.31. The first-order valence-corrected chi connectivity index (χ1v) is 11.3. The van der Waals surface area contributed by atoms with Crippen molar-refractivity contribution in [1.29, 1.82) is 0 Å². The summed E-state index contributed by atoms with van der Waals surface area (Å²) in [6.45, 7) is 9.57. The van der Waals surface area contributed by atoms with Crippen LogP contribution in [0.25, 0.3) is 11.4 Å². The fraction of sp³-hybridized carbons (Fsp3) is 0.348. The first-order valence-electron chi connectivity index (χ1n) is 10.9. The predicted molar refractivity (Wildman–Crippen MR) is 130 cm³/mol. The minimum absolute atomic E-state index is 0.0824. The smallest absolute Gasteiger partial charge is 0.315 e. The maximum absolute atomic E-state index is 12.7. The van der Waals surface area contributed by atoms with Gasteiger partial charge in [-0.25, -0.2) is 9.97 Å². The molecule has 11 nitrogen and oxygen atoms in total. The highest BCUT2D eigenvalue weighted by molar-refractivity contribution is 6.34. The Labute approximate surface area is 207 Å². The number of halogens is 1. The molecule has 3 aromatic heterocycles. The number of nitrogens with one attached hydrogen (secondary N) is 2. The van der Waals surface area contributed by atoms with E-state index < -0.39 is 5.91 Å². The number of nitrogens with zero attached hydrogens (tertiary/aromatic N) is 7. The summed E-state index contributed by atoms with van der Waals surface area (Å²) in [6, 6.07) is 3.34. The van der Waals surface area contributed by atoms with Gasteiger partial charge in [0.05, 0.1) is 22.9 Å². The highest BCUT2D eigenvalue weighted by Crippen LogP contribution is 2.33. The maximum Gasteiger partial charge on any atom is 0.315 e. The van der Waals surface area contributed by atoms with Gasteiger partial charge in [0.1, 0.15) is 6.33 Å². The summed E-state index contributed by atoms with van der Waals surface area (Å²) in [6.07, 6.45) is 4.90. The van der Waals surface area contributed by atoms with E-state index in [-0.39, 0.29) is 17.3 Å². The molecule has 2 N–H and O–H groups in total. The van der Waals surface area contributed by atoms with Crippen LogP contribution in [0.3, 0.4) is 0 Å². The number of amides is 1. The van der Waals surface area contributed by atoms with Crippen molar-refractivity contribution in [2.45, 2.75) is 46.1 Å². The molecule has 0 saturated heterocycles. The summed E-state index contributed by atoms with van der Waals surface area (Å²) in [7, 11) is 1.82. The zero-order valence-electron chi connectivity index (χ0n) is 20.3. The molecule has 1 amide bonds. The molecule has 0 radical (unpaired) electrons. The summed E-state index contributed by atoms with van der Waals surface area (Å²) in [5.74, 6) is 0.720. The van der Waals surface area contributed by atoms with E-state index in [9.17, 15) is 4.79 Å². The number of hydrogen-bond acceptors (Lipinski definition) is 9. The van der Waals surface area contributed by atoms with Crippen molar-refractivity contribution >= 4 is 29.1 Å². The highest BCUT2D eigenvalue weighted by Gasteiger charge is 2.25. The van der Waals surface area contributed by atoms with Crippen LogP contribution in [0.2, 0.25) is 5.02 Å². The second-order valence-corrected chi connectivity index (χ2v) is 9.55. The number of aryl methyl sites for hydroxylation is 1. The van der Waals surface area contributed by atoms with E-state index >= 15 is 0 Å². The van der Waals surface area contributed by atoms with E-state index in [1.807, 2.05) is 60.0 Å². The molecule has 3 heterocycles. The molecule has 0 aliphatic rings. The average Bonchev–Trinajstić information content (AvgIpc) is 3.45. The Balaban J connectivity index is 1.53. The van der Waals surface area contributed by atoms with Gasteiger partial charge in [0.25, 0.3) is 0 Å². The highest BCUT2D eigenvalue weighted by atomic mass is 35.5. The summed E-state index contributed by atoms with van der Waals surface area (Å²) in [5, 5.41) is 14.5. The topological polar surface area (TPSA) is 137 Å². The Morgan fingerprint density at radius 2 is 1.97 bits per heavy atom. The van der Waals surface area contributed by atoms with Gasteiger partial charge >= 0.3 is 11.8 Å². The monoisotopic (exact) mass is 495 g/mol. The van der Waals surface area contributed by atoms with Gasteiger partial charge in [0, 0.05) is 24.2 Å². The minimum Gasteiger partial charge on any atom is -0.341 e. The van der Waals surface area contributed by atoms with Crippen LogP contribution in [-0.4, -0.2) is 40.8 Å². The molecule has 0 unspecified atom stereocenters. The van der Waals surface area contributed by atoms with Crippen molar-refractivity contribution in [3.05, 3.63) is 58.7 Å². The molecule has 1 aromatic carbocycles.